The van der Waals surface area contributed by atoms with Gasteiger partial charge in [0.1, 0.15) is 0 Å². The molecule has 11 heteroatoms. The van der Waals surface area contributed by atoms with Gasteiger partial charge in [-0.25, -0.2) is 8.42 Å². The zero-order valence-electron chi connectivity index (χ0n) is 12.9. The number of aliphatic hydroxyl groups excluding tert-OH is 1. The molecule has 0 saturated carbocycles. The molecule has 1 rings (SSSR count). The summed E-state index contributed by atoms with van der Waals surface area (Å²) < 4.78 is 60.6. The zero-order valence-corrected chi connectivity index (χ0v) is 13.8. The second-order valence-corrected chi connectivity index (χ2v) is 7.09. The average molecular weight is 360 g/mol. The van der Waals surface area contributed by atoms with E-state index >= 15 is 0 Å². The van der Waals surface area contributed by atoms with Gasteiger partial charge in [-0.1, -0.05) is 0 Å². The summed E-state index contributed by atoms with van der Waals surface area (Å²) in [6.07, 6.45) is 0.663. The van der Waals surface area contributed by atoms with Crippen LogP contribution in [0.1, 0.15) is 19.8 Å². The lowest BCUT2D eigenvalue weighted by Gasteiger charge is -2.30. The third-order valence-corrected chi connectivity index (χ3v) is 5.09. The molecule has 0 spiro atoms. The van der Waals surface area contributed by atoms with Crippen molar-refractivity contribution in [1.82, 2.24) is 14.9 Å². The van der Waals surface area contributed by atoms with E-state index in [4.69, 9.17) is 5.11 Å². The molecule has 0 aromatic carbocycles. The van der Waals surface area contributed by atoms with Gasteiger partial charge < -0.3 is 15.7 Å². The molecule has 0 aromatic rings. The van der Waals surface area contributed by atoms with E-state index in [1.165, 1.54) is 0 Å². The Morgan fingerprint density at radius 1 is 1.30 bits per heavy atom. The van der Waals surface area contributed by atoms with E-state index in [-0.39, 0.29) is 25.6 Å². The summed E-state index contributed by atoms with van der Waals surface area (Å²) in [7, 11) is -5.23. The molecule has 0 amide bonds. The van der Waals surface area contributed by atoms with Crippen LogP contribution in [0.4, 0.5) is 13.2 Å². The van der Waals surface area contributed by atoms with Crippen LogP contribution in [0.5, 0.6) is 0 Å². The Hall–Kier alpha value is -1.07. The van der Waals surface area contributed by atoms with E-state index in [0.29, 0.717) is 42.7 Å². The van der Waals surface area contributed by atoms with E-state index in [0.717, 1.165) is 0 Å². The molecule has 1 heterocycles. The molecule has 0 radical (unpaired) electrons. The van der Waals surface area contributed by atoms with Crippen molar-refractivity contribution in [1.29, 1.82) is 0 Å². The number of nitrogens with one attached hydrogen (secondary N) is 2. The molecule has 1 aliphatic heterocycles. The molecule has 1 fully saturated rings. The lowest BCUT2D eigenvalue weighted by molar-refractivity contribution is -0.0496. The van der Waals surface area contributed by atoms with Gasteiger partial charge in [-0.05, 0) is 25.7 Å². The Labute approximate surface area is 134 Å². The molecule has 0 atom stereocenters. The summed E-state index contributed by atoms with van der Waals surface area (Å²) in [6, 6.07) is 0. The fourth-order valence-corrected chi connectivity index (χ4v) is 3.20. The quantitative estimate of drug-likeness (QED) is 0.461. The smallest absolute Gasteiger partial charge is 0.395 e. The summed E-state index contributed by atoms with van der Waals surface area (Å²) in [5, 5.41) is 14.7. The largest absolute Gasteiger partial charge is 0.511 e. The molecule has 23 heavy (non-hydrogen) atoms. The third kappa shape index (κ3) is 5.81. The van der Waals surface area contributed by atoms with Crippen LogP contribution in [0, 0.1) is 5.92 Å². The Bertz CT molecular complexity index is 488. The first kappa shape index (κ1) is 20.0. The standard InChI is InChI=1S/C12H23F3N4O3S/c1-2-16-11(17-5-8-20)18-9-10-3-6-19(7-4-10)23(21,22)12(13,14)15/h10,20H,2-9H2,1H3,(H2,16,17,18). The minimum absolute atomic E-state index is 0.0271. The molecule has 0 aromatic heterocycles. The van der Waals surface area contributed by atoms with Gasteiger partial charge in [0.2, 0.25) is 0 Å². The van der Waals surface area contributed by atoms with Crippen molar-refractivity contribution in [2.75, 3.05) is 39.3 Å². The van der Waals surface area contributed by atoms with E-state index < -0.39 is 15.5 Å². The molecule has 7 nitrogen and oxygen atoms in total. The van der Waals surface area contributed by atoms with Gasteiger partial charge in [0.25, 0.3) is 0 Å². The van der Waals surface area contributed by atoms with Crippen molar-refractivity contribution in [3.8, 4) is 0 Å². The number of hydrogen-bond donors (Lipinski definition) is 3. The predicted octanol–water partition coefficient (Wildman–Crippen LogP) is 0.0954. The van der Waals surface area contributed by atoms with E-state index in [1.807, 2.05) is 6.92 Å². The fraction of sp³-hybridized carbons (Fsp3) is 0.917. The molecule has 0 unspecified atom stereocenters. The van der Waals surface area contributed by atoms with Crippen LogP contribution < -0.4 is 10.6 Å². The molecule has 0 bridgehead atoms. The van der Waals surface area contributed by atoms with E-state index in [2.05, 4.69) is 15.6 Å². The molecule has 3 N–H and O–H groups in total. The first-order valence-electron chi connectivity index (χ1n) is 7.41. The highest BCUT2D eigenvalue weighted by Crippen LogP contribution is 2.30. The summed E-state index contributed by atoms with van der Waals surface area (Å²) in [6.45, 7) is 2.91. The monoisotopic (exact) mass is 360 g/mol. The highest BCUT2D eigenvalue weighted by Gasteiger charge is 2.50. The van der Waals surface area contributed by atoms with E-state index in [1.54, 1.807) is 0 Å². The minimum atomic E-state index is -5.25. The second-order valence-electron chi connectivity index (χ2n) is 5.16. The van der Waals surface area contributed by atoms with Crippen LogP contribution in [0.2, 0.25) is 0 Å². The molecule has 0 aliphatic carbocycles. The number of alkyl halides is 3. The van der Waals surface area contributed by atoms with Crippen molar-refractivity contribution >= 4 is 16.0 Å². The number of piperidine rings is 1. The SMILES string of the molecule is CCNC(=NCC1CCN(S(=O)(=O)C(F)(F)F)CC1)NCCO. The van der Waals surface area contributed by atoms with Crippen LogP contribution in [-0.2, 0) is 10.0 Å². The minimum Gasteiger partial charge on any atom is -0.395 e. The Morgan fingerprint density at radius 2 is 1.91 bits per heavy atom. The van der Waals surface area contributed by atoms with Gasteiger partial charge in [-0.3, -0.25) is 4.99 Å². The summed E-state index contributed by atoms with van der Waals surface area (Å²) in [4.78, 5) is 4.30. The number of rotatable bonds is 6. The van der Waals surface area contributed by atoms with Gasteiger partial charge in [0.15, 0.2) is 5.96 Å². The van der Waals surface area contributed by atoms with Gasteiger partial charge in [-0.15, -0.1) is 0 Å². The number of nitrogens with zero attached hydrogens (tertiary/aromatic N) is 2. The summed E-state index contributed by atoms with van der Waals surface area (Å²) >= 11 is 0. The van der Waals surface area contributed by atoms with Gasteiger partial charge in [0, 0.05) is 32.7 Å². The van der Waals surface area contributed by atoms with Crippen LogP contribution in [-0.4, -0.2) is 68.6 Å². The summed E-state index contributed by atoms with van der Waals surface area (Å²) in [5.41, 5.74) is -5.25. The van der Waals surface area contributed by atoms with Gasteiger partial charge in [0.05, 0.1) is 6.61 Å². The zero-order chi connectivity index (χ0) is 17.5. The van der Waals surface area contributed by atoms with Gasteiger partial charge in [-0.2, -0.15) is 17.5 Å². The second kappa shape index (κ2) is 8.69. The van der Waals surface area contributed by atoms with Crippen molar-refractivity contribution in [3.05, 3.63) is 0 Å². The maximum Gasteiger partial charge on any atom is 0.511 e. The number of guanidine groups is 1. The highest BCUT2D eigenvalue weighted by atomic mass is 32.2. The molecular formula is C12H23F3N4O3S. The number of halogens is 3. The first-order valence-corrected chi connectivity index (χ1v) is 8.85. The average Bonchev–Trinajstić information content (AvgIpc) is 2.49. The van der Waals surface area contributed by atoms with Crippen LogP contribution >= 0.6 is 0 Å². The maximum absolute atomic E-state index is 12.5. The van der Waals surface area contributed by atoms with Gasteiger partial charge >= 0.3 is 15.5 Å². The lowest BCUT2D eigenvalue weighted by Crippen LogP contribution is -2.45. The fourth-order valence-electron chi connectivity index (χ4n) is 2.22. The molecule has 136 valence electrons. The Morgan fingerprint density at radius 3 is 2.39 bits per heavy atom. The third-order valence-electron chi connectivity index (χ3n) is 3.46. The number of aliphatic hydroxyl groups is 1. The maximum atomic E-state index is 12.5. The number of aliphatic imine (C=N–C) groups is 1. The lowest BCUT2D eigenvalue weighted by atomic mass is 9.98. The van der Waals surface area contributed by atoms with Crippen LogP contribution in [0.3, 0.4) is 0 Å². The Kier molecular flexibility index (Phi) is 7.55. The number of sulfonamides is 1. The predicted molar refractivity (Wildman–Crippen MR) is 80.3 cm³/mol. The van der Waals surface area contributed by atoms with Crippen molar-refractivity contribution < 1.29 is 26.7 Å². The normalized spacial score (nSPS) is 18.9. The molecule has 1 aliphatic rings. The first-order chi connectivity index (χ1) is 10.7. The van der Waals surface area contributed by atoms with Crippen molar-refractivity contribution in [2.24, 2.45) is 10.9 Å². The van der Waals surface area contributed by atoms with Crippen LogP contribution in [0.15, 0.2) is 4.99 Å². The Balaban J connectivity index is 2.53. The topological polar surface area (TPSA) is 94.0 Å². The summed E-state index contributed by atoms with van der Waals surface area (Å²) in [5.74, 6) is 0.547. The van der Waals surface area contributed by atoms with Crippen LogP contribution in [0.25, 0.3) is 0 Å². The highest BCUT2D eigenvalue weighted by molar-refractivity contribution is 7.90. The van der Waals surface area contributed by atoms with E-state index in [9.17, 15) is 21.6 Å². The molecular weight excluding hydrogens is 337 g/mol. The number of hydrogen-bond acceptors (Lipinski definition) is 4. The molecule has 1 saturated heterocycles. The van der Waals surface area contributed by atoms with Crippen molar-refractivity contribution in [3.63, 3.8) is 0 Å². The van der Waals surface area contributed by atoms with Crippen molar-refractivity contribution in [2.45, 2.75) is 25.3 Å².